The predicted molar refractivity (Wildman–Crippen MR) is 106 cm³/mol. The van der Waals surface area contributed by atoms with E-state index in [4.69, 9.17) is 4.74 Å². The number of carbonyl (C=O) groups is 1. The molecule has 1 N–H and O–H groups in total. The summed E-state index contributed by atoms with van der Waals surface area (Å²) in [5, 5.41) is 2.98. The van der Waals surface area contributed by atoms with E-state index in [0.717, 1.165) is 57.2 Å². The van der Waals surface area contributed by atoms with Crippen molar-refractivity contribution in [3.8, 4) is 0 Å². The van der Waals surface area contributed by atoms with E-state index < -0.39 is 0 Å². The molecule has 0 radical (unpaired) electrons. The molecule has 28 heavy (non-hydrogen) atoms. The van der Waals surface area contributed by atoms with Crippen LogP contribution < -0.4 is 5.32 Å². The number of likely N-dealkylation sites (tertiary alicyclic amines) is 2. The Morgan fingerprint density at radius 3 is 2.57 bits per heavy atom. The molecular formula is C22H32FN3O2. The summed E-state index contributed by atoms with van der Waals surface area (Å²) in [5.41, 5.74) is 1.20. The van der Waals surface area contributed by atoms with Crippen molar-refractivity contribution in [2.45, 2.75) is 44.7 Å². The van der Waals surface area contributed by atoms with E-state index in [1.807, 2.05) is 4.90 Å². The van der Waals surface area contributed by atoms with Crippen LogP contribution in [-0.4, -0.2) is 61.8 Å². The van der Waals surface area contributed by atoms with Crippen molar-refractivity contribution < 1.29 is 13.9 Å². The monoisotopic (exact) mass is 389 g/mol. The van der Waals surface area contributed by atoms with Gasteiger partial charge in [-0.15, -0.1) is 0 Å². The number of nitrogens with zero attached hydrogens (tertiary/aromatic N) is 2. The summed E-state index contributed by atoms with van der Waals surface area (Å²) in [5.74, 6) is 0.317. The fraction of sp³-hybridized carbons (Fsp3) is 0.682. The van der Waals surface area contributed by atoms with Gasteiger partial charge in [-0.3, -0.25) is 4.90 Å². The molecule has 1 unspecified atom stereocenters. The van der Waals surface area contributed by atoms with Crippen molar-refractivity contribution in [1.82, 2.24) is 15.1 Å². The van der Waals surface area contributed by atoms with Gasteiger partial charge in [0, 0.05) is 51.8 Å². The summed E-state index contributed by atoms with van der Waals surface area (Å²) in [6.45, 7) is 5.16. The number of urea groups is 1. The molecule has 1 saturated carbocycles. The highest BCUT2D eigenvalue weighted by Crippen LogP contribution is 2.47. The predicted octanol–water partition coefficient (Wildman–Crippen LogP) is 3.25. The first-order valence-corrected chi connectivity index (χ1v) is 10.6. The molecule has 1 aliphatic carbocycles. The van der Waals surface area contributed by atoms with E-state index in [2.05, 4.69) is 10.2 Å². The second kappa shape index (κ2) is 8.37. The minimum absolute atomic E-state index is 0.0173. The van der Waals surface area contributed by atoms with Crippen LogP contribution in [0.15, 0.2) is 24.3 Å². The zero-order valence-electron chi connectivity index (χ0n) is 16.8. The molecule has 1 aromatic rings. The molecule has 2 saturated heterocycles. The molecule has 0 aromatic heterocycles. The summed E-state index contributed by atoms with van der Waals surface area (Å²) in [6, 6.07) is 7.03. The lowest BCUT2D eigenvalue weighted by molar-refractivity contribution is 0.0456. The van der Waals surface area contributed by atoms with E-state index in [1.165, 1.54) is 31.4 Å². The molecule has 1 spiro atoms. The van der Waals surface area contributed by atoms with Crippen LogP contribution in [0.3, 0.4) is 0 Å². The lowest BCUT2D eigenvalue weighted by Gasteiger charge is -2.43. The van der Waals surface area contributed by atoms with Gasteiger partial charge in [-0.25, -0.2) is 9.18 Å². The Hall–Kier alpha value is -1.66. The third-order valence-electron chi connectivity index (χ3n) is 7.20. The van der Waals surface area contributed by atoms with Crippen LogP contribution in [0, 0.1) is 17.2 Å². The summed E-state index contributed by atoms with van der Waals surface area (Å²) in [7, 11) is 1.80. The molecule has 4 rings (SSSR count). The summed E-state index contributed by atoms with van der Waals surface area (Å²) < 4.78 is 18.6. The van der Waals surface area contributed by atoms with E-state index in [9.17, 15) is 9.18 Å². The van der Waals surface area contributed by atoms with Gasteiger partial charge in [0.05, 0.1) is 6.61 Å². The third kappa shape index (κ3) is 4.03. The molecule has 2 amide bonds. The number of methoxy groups -OCH3 is 1. The number of nitrogens with one attached hydrogen (secondary N) is 1. The maximum absolute atomic E-state index is 13.0. The van der Waals surface area contributed by atoms with E-state index in [0.29, 0.717) is 17.9 Å². The number of hydrogen-bond acceptors (Lipinski definition) is 3. The fourth-order valence-corrected chi connectivity index (χ4v) is 5.15. The third-order valence-corrected chi connectivity index (χ3v) is 7.20. The van der Waals surface area contributed by atoms with Gasteiger partial charge in [-0.2, -0.15) is 0 Å². The Labute approximate surface area is 167 Å². The number of hydrogen-bond donors (Lipinski definition) is 1. The Bertz CT molecular complexity index is 669. The molecule has 1 aromatic carbocycles. The van der Waals surface area contributed by atoms with Gasteiger partial charge in [-0.05, 0) is 48.8 Å². The van der Waals surface area contributed by atoms with Crippen LogP contribution in [-0.2, 0) is 11.3 Å². The highest BCUT2D eigenvalue weighted by Gasteiger charge is 2.50. The van der Waals surface area contributed by atoms with Gasteiger partial charge in [-0.1, -0.05) is 18.6 Å². The molecule has 1 atom stereocenters. The number of halogens is 1. The van der Waals surface area contributed by atoms with Crippen molar-refractivity contribution in [2.24, 2.45) is 11.3 Å². The maximum atomic E-state index is 13.0. The van der Waals surface area contributed by atoms with E-state index >= 15 is 0 Å². The summed E-state index contributed by atoms with van der Waals surface area (Å²) in [6.07, 6.45) is 6.15. The smallest absolute Gasteiger partial charge is 0.317 e. The Kier molecular flexibility index (Phi) is 5.88. The number of carbonyl (C=O) groups excluding carboxylic acids is 1. The van der Waals surface area contributed by atoms with Crippen LogP contribution in [0.25, 0.3) is 0 Å². The van der Waals surface area contributed by atoms with Crippen molar-refractivity contribution >= 4 is 6.03 Å². The highest BCUT2D eigenvalue weighted by atomic mass is 19.1. The van der Waals surface area contributed by atoms with E-state index in [1.54, 1.807) is 19.2 Å². The van der Waals surface area contributed by atoms with Crippen LogP contribution in [0.1, 0.15) is 37.7 Å². The molecule has 2 heterocycles. The van der Waals surface area contributed by atoms with Gasteiger partial charge < -0.3 is 15.0 Å². The Morgan fingerprint density at radius 1 is 1.25 bits per heavy atom. The second-order valence-corrected chi connectivity index (χ2v) is 8.80. The largest absolute Gasteiger partial charge is 0.384 e. The van der Waals surface area contributed by atoms with Gasteiger partial charge in [0.25, 0.3) is 0 Å². The number of benzene rings is 1. The maximum Gasteiger partial charge on any atom is 0.317 e. The standard InChI is InChI=1S/C22H32FN3O2/c1-28-15-18-14-26(20-3-2-4-20)16-22(18)9-11-25(12-10-22)21(27)24-13-17-5-7-19(23)8-6-17/h5-8,18,20H,2-4,9-16H2,1H3,(H,24,27). The molecule has 5 nitrogen and oxygen atoms in total. The SMILES string of the molecule is COCC1CN(C2CCC2)CC12CCN(C(=O)NCc1ccc(F)cc1)CC2. The average molecular weight is 390 g/mol. The Morgan fingerprint density at radius 2 is 1.96 bits per heavy atom. The van der Waals surface area contributed by atoms with Crippen molar-refractivity contribution in [3.63, 3.8) is 0 Å². The quantitative estimate of drug-likeness (QED) is 0.841. The average Bonchev–Trinajstić information content (AvgIpc) is 2.98. The molecule has 3 aliphatic rings. The van der Waals surface area contributed by atoms with Gasteiger partial charge in [0.1, 0.15) is 5.82 Å². The lowest BCUT2D eigenvalue weighted by Crippen LogP contribution is -2.50. The molecular weight excluding hydrogens is 357 g/mol. The number of ether oxygens (including phenoxy) is 1. The Balaban J connectivity index is 1.31. The fourth-order valence-electron chi connectivity index (χ4n) is 5.15. The van der Waals surface area contributed by atoms with Crippen molar-refractivity contribution in [2.75, 3.05) is 39.9 Å². The first-order chi connectivity index (χ1) is 13.6. The van der Waals surface area contributed by atoms with E-state index in [-0.39, 0.29) is 11.8 Å². The minimum atomic E-state index is -0.255. The summed E-state index contributed by atoms with van der Waals surface area (Å²) >= 11 is 0. The van der Waals surface area contributed by atoms with Crippen LogP contribution in [0.2, 0.25) is 0 Å². The van der Waals surface area contributed by atoms with Crippen LogP contribution in [0.4, 0.5) is 9.18 Å². The van der Waals surface area contributed by atoms with Crippen LogP contribution in [0.5, 0.6) is 0 Å². The normalized spacial score (nSPS) is 25.1. The highest BCUT2D eigenvalue weighted by molar-refractivity contribution is 5.74. The minimum Gasteiger partial charge on any atom is -0.384 e. The van der Waals surface area contributed by atoms with Crippen molar-refractivity contribution in [3.05, 3.63) is 35.6 Å². The summed E-state index contributed by atoms with van der Waals surface area (Å²) in [4.78, 5) is 17.2. The van der Waals surface area contributed by atoms with Crippen LogP contribution >= 0.6 is 0 Å². The number of rotatable bonds is 5. The molecule has 154 valence electrons. The zero-order valence-corrected chi connectivity index (χ0v) is 16.8. The molecule has 6 heteroatoms. The van der Waals surface area contributed by atoms with Gasteiger partial charge in [0.2, 0.25) is 0 Å². The number of amides is 2. The molecule has 2 aliphatic heterocycles. The first kappa shape index (κ1) is 19.6. The van der Waals surface area contributed by atoms with Gasteiger partial charge in [0.15, 0.2) is 0 Å². The number of piperidine rings is 1. The van der Waals surface area contributed by atoms with Crippen molar-refractivity contribution in [1.29, 1.82) is 0 Å². The zero-order chi connectivity index (χ0) is 19.6. The topological polar surface area (TPSA) is 44.8 Å². The molecule has 0 bridgehead atoms. The first-order valence-electron chi connectivity index (χ1n) is 10.6. The van der Waals surface area contributed by atoms with Gasteiger partial charge >= 0.3 is 6.03 Å². The second-order valence-electron chi connectivity index (χ2n) is 8.80. The lowest BCUT2D eigenvalue weighted by atomic mass is 9.71. The molecule has 3 fully saturated rings.